The zero-order valence-electron chi connectivity index (χ0n) is 9.78. The first-order chi connectivity index (χ1) is 9.06. The molecule has 2 atom stereocenters. The summed E-state index contributed by atoms with van der Waals surface area (Å²) in [5.74, 6) is -0.213. The molecule has 0 radical (unpaired) electrons. The van der Waals surface area contributed by atoms with Gasteiger partial charge in [-0.25, -0.2) is 0 Å². The van der Waals surface area contributed by atoms with Gasteiger partial charge in [0.15, 0.2) is 0 Å². The van der Waals surface area contributed by atoms with Gasteiger partial charge in [0, 0.05) is 19.3 Å². The van der Waals surface area contributed by atoms with Crippen molar-refractivity contribution in [1.29, 1.82) is 0 Å². The monoisotopic (exact) mass is 298 g/mol. The van der Waals surface area contributed by atoms with Gasteiger partial charge in [0.05, 0.1) is 32.3 Å². The number of carbonyl (C=O) groups excluding carboxylic acids is 1. The summed E-state index contributed by atoms with van der Waals surface area (Å²) in [5.41, 5.74) is 0.682. The standard InChI is InChI=1S/C12H11ClN2O3S/c13-6-1-2-14-7-3-10(19-11(6)7)12(18)15-4-8(16)9(17)5-15/h1-3,8-9,16-17H,4-5H2/t8-,9-/m0/s1. The fraction of sp³-hybridized carbons (Fsp3) is 0.333. The number of β-amino-alcohol motifs (C(OH)–C–C–N with tert-alkyl or cyclic N) is 2. The molecule has 0 spiro atoms. The van der Waals surface area contributed by atoms with E-state index in [2.05, 4.69) is 4.98 Å². The van der Waals surface area contributed by atoms with Crippen molar-refractivity contribution in [1.82, 2.24) is 9.88 Å². The number of likely N-dealkylation sites (tertiary alicyclic amines) is 1. The first-order valence-electron chi connectivity index (χ1n) is 5.75. The van der Waals surface area contributed by atoms with Crippen molar-refractivity contribution in [2.24, 2.45) is 0 Å². The minimum Gasteiger partial charge on any atom is -0.388 e. The summed E-state index contributed by atoms with van der Waals surface area (Å²) in [6.07, 6.45) is -0.158. The van der Waals surface area contributed by atoms with E-state index in [4.69, 9.17) is 11.6 Å². The third-order valence-corrected chi connectivity index (χ3v) is 4.69. The van der Waals surface area contributed by atoms with Crippen LogP contribution in [0.25, 0.3) is 10.2 Å². The van der Waals surface area contributed by atoms with Gasteiger partial charge in [-0.2, -0.15) is 0 Å². The second-order valence-corrected chi connectivity index (χ2v) is 5.92. The average Bonchev–Trinajstić information content (AvgIpc) is 2.94. The van der Waals surface area contributed by atoms with Crippen molar-refractivity contribution in [2.45, 2.75) is 12.2 Å². The maximum absolute atomic E-state index is 12.3. The molecular weight excluding hydrogens is 288 g/mol. The predicted molar refractivity (Wildman–Crippen MR) is 72.5 cm³/mol. The highest BCUT2D eigenvalue weighted by molar-refractivity contribution is 7.21. The van der Waals surface area contributed by atoms with E-state index in [0.717, 1.165) is 4.70 Å². The van der Waals surface area contributed by atoms with Crippen molar-refractivity contribution in [3.63, 3.8) is 0 Å². The Kier molecular flexibility index (Phi) is 3.18. The molecule has 2 aromatic rings. The van der Waals surface area contributed by atoms with Crippen molar-refractivity contribution in [3.05, 3.63) is 28.2 Å². The van der Waals surface area contributed by atoms with Gasteiger partial charge < -0.3 is 15.1 Å². The summed E-state index contributed by atoms with van der Waals surface area (Å²) in [4.78, 5) is 18.4. The van der Waals surface area contributed by atoms with E-state index in [1.54, 1.807) is 18.3 Å². The number of amides is 1. The lowest BCUT2D eigenvalue weighted by molar-refractivity contribution is 0.0572. The lowest BCUT2D eigenvalue weighted by Gasteiger charge is -2.13. The van der Waals surface area contributed by atoms with E-state index < -0.39 is 12.2 Å². The Balaban J connectivity index is 1.92. The molecule has 1 fully saturated rings. The maximum atomic E-state index is 12.3. The number of aromatic nitrogens is 1. The number of aliphatic hydroxyl groups excluding tert-OH is 2. The van der Waals surface area contributed by atoms with Crippen LogP contribution in [-0.4, -0.2) is 51.3 Å². The molecule has 5 nitrogen and oxygen atoms in total. The summed E-state index contributed by atoms with van der Waals surface area (Å²) >= 11 is 7.32. The number of nitrogens with zero attached hydrogens (tertiary/aromatic N) is 2. The summed E-state index contributed by atoms with van der Waals surface area (Å²) in [6.45, 7) is 0.296. The van der Waals surface area contributed by atoms with Crippen LogP contribution in [-0.2, 0) is 0 Å². The fourth-order valence-corrected chi connectivity index (χ4v) is 3.36. The first-order valence-corrected chi connectivity index (χ1v) is 6.95. The minimum absolute atomic E-state index is 0.148. The second kappa shape index (κ2) is 4.72. The number of pyridine rings is 1. The normalized spacial score (nSPS) is 23.2. The molecule has 0 aromatic carbocycles. The number of aliphatic hydroxyl groups is 2. The van der Waals surface area contributed by atoms with Crippen LogP contribution >= 0.6 is 22.9 Å². The van der Waals surface area contributed by atoms with Crippen LogP contribution < -0.4 is 0 Å². The molecule has 1 aliphatic heterocycles. The van der Waals surface area contributed by atoms with Crippen LogP contribution in [0.1, 0.15) is 9.67 Å². The molecule has 2 N–H and O–H groups in total. The number of thiophene rings is 1. The van der Waals surface area contributed by atoms with Crippen LogP contribution in [0, 0.1) is 0 Å². The zero-order valence-corrected chi connectivity index (χ0v) is 11.4. The Bertz CT molecular complexity index is 635. The molecule has 0 aliphatic carbocycles. The molecule has 1 amide bonds. The molecule has 0 saturated carbocycles. The van der Waals surface area contributed by atoms with E-state index in [1.807, 2.05) is 0 Å². The molecular formula is C12H11ClN2O3S. The van der Waals surface area contributed by atoms with Crippen LogP contribution in [0.15, 0.2) is 18.3 Å². The topological polar surface area (TPSA) is 73.7 Å². The Morgan fingerprint density at radius 1 is 1.42 bits per heavy atom. The third-order valence-electron chi connectivity index (χ3n) is 3.12. The SMILES string of the molecule is O=C(c1cc2nccc(Cl)c2s1)N1C[C@H](O)[C@@H](O)C1. The van der Waals surface area contributed by atoms with Crippen LogP contribution in [0.4, 0.5) is 0 Å². The molecule has 1 saturated heterocycles. The van der Waals surface area contributed by atoms with Gasteiger partial charge in [-0.1, -0.05) is 11.6 Å². The second-order valence-electron chi connectivity index (χ2n) is 4.46. The van der Waals surface area contributed by atoms with Gasteiger partial charge in [0.2, 0.25) is 0 Å². The van der Waals surface area contributed by atoms with Gasteiger partial charge in [-0.15, -0.1) is 11.3 Å². The lowest BCUT2D eigenvalue weighted by Crippen LogP contribution is -2.29. The maximum Gasteiger partial charge on any atom is 0.264 e. The molecule has 2 aromatic heterocycles. The van der Waals surface area contributed by atoms with Gasteiger partial charge in [0.1, 0.15) is 0 Å². The number of hydrogen-bond acceptors (Lipinski definition) is 5. The van der Waals surface area contributed by atoms with E-state index in [0.29, 0.717) is 15.4 Å². The number of carbonyl (C=O) groups is 1. The van der Waals surface area contributed by atoms with Gasteiger partial charge in [0.25, 0.3) is 5.91 Å². The van der Waals surface area contributed by atoms with Crippen LogP contribution in [0.5, 0.6) is 0 Å². The van der Waals surface area contributed by atoms with Gasteiger partial charge >= 0.3 is 0 Å². The molecule has 19 heavy (non-hydrogen) atoms. The highest BCUT2D eigenvalue weighted by atomic mass is 35.5. The van der Waals surface area contributed by atoms with E-state index in [1.165, 1.54) is 16.2 Å². The molecule has 1 aliphatic rings. The quantitative estimate of drug-likeness (QED) is 0.828. The summed E-state index contributed by atoms with van der Waals surface area (Å²) in [6, 6.07) is 3.36. The highest BCUT2D eigenvalue weighted by Gasteiger charge is 2.33. The third kappa shape index (κ3) is 2.21. The van der Waals surface area contributed by atoms with Crippen molar-refractivity contribution in [2.75, 3.05) is 13.1 Å². The number of halogens is 1. The van der Waals surface area contributed by atoms with E-state index in [-0.39, 0.29) is 19.0 Å². The van der Waals surface area contributed by atoms with E-state index in [9.17, 15) is 15.0 Å². The molecule has 0 unspecified atom stereocenters. The zero-order chi connectivity index (χ0) is 13.6. The smallest absolute Gasteiger partial charge is 0.264 e. The average molecular weight is 299 g/mol. The van der Waals surface area contributed by atoms with E-state index >= 15 is 0 Å². The highest BCUT2D eigenvalue weighted by Crippen LogP contribution is 2.31. The van der Waals surface area contributed by atoms with Gasteiger partial charge in [-0.3, -0.25) is 9.78 Å². The lowest BCUT2D eigenvalue weighted by atomic mass is 10.3. The number of hydrogen-bond donors (Lipinski definition) is 2. The number of rotatable bonds is 1. The number of fused-ring (bicyclic) bond motifs is 1. The van der Waals surface area contributed by atoms with Crippen molar-refractivity contribution < 1.29 is 15.0 Å². The molecule has 3 rings (SSSR count). The molecule has 100 valence electrons. The fourth-order valence-electron chi connectivity index (χ4n) is 2.10. The summed E-state index contributed by atoms with van der Waals surface area (Å²) < 4.78 is 0.771. The summed E-state index contributed by atoms with van der Waals surface area (Å²) in [7, 11) is 0. The molecule has 3 heterocycles. The Morgan fingerprint density at radius 3 is 2.74 bits per heavy atom. The first kappa shape index (κ1) is 12.8. The Morgan fingerprint density at radius 2 is 2.11 bits per heavy atom. The summed E-state index contributed by atoms with van der Waals surface area (Å²) in [5, 5.41) is 19.5. The van der Waals surface area contributed by atoms with Crippen molar-refractivity contribution >= 4 is 39.1 Å². The van der Waals surface area contributed by atoms with Crippen molar-refractivity contribution in [3.8, 4) is 0 Å². The molecule has 7 heteroatoms. The Hall–Kier alpha value is -1.21. The van der Waals surface area contributed by atoms with Crippen LogP contribution in [0.2, 0.25) is 5.02 Å². The minimum atomic E-state index is -0.875. The molecule has 0 bridgehead atoms. The largest absolute Gasteiger partial charge is 0.388 e. The Labute approximate surface area is 118 Å². The van der Waals surface area contributed by atoms with Gasteiger partial charge in [-0.05, 0) is 12.1 Å². The van der Waals surface area contributed by atoms with Crippen LogP contribution in [0.3, 0.4) is 0 Å². The predicted octanol–water partition coefficient (Wildman–Crippen LogP) is 1.13.